The van der Waals surface area contributed by atoms with Crippen molar-refractivity contribution in [3.8, 4) is 11.5 Å². The van der Waals surface area contributed by atoms with E-state index in [-0.39, 0.29) is 5.82 Å². The molecule has 5 heteroatoms. The van der Waals surface area contributed by atoms with Crippen LogP contribution >= 0.6 is 15.9 Å². The monoisotopic (exact) mass is 341 g/mol. The van der Waals surface area contributed by atoms with Crippen LogP contribution in [0.1, 0.15) is 24.1 Å². The summed E-state index contributed by atoms with van der Waals surface area (Å²) in [5, 5.41) is 0. The molecule has 2 aromatic carbocycles. The summed E-state index contributed by atoms with van der Waals surface area (Å²) >= 11 is 3.20. The molecule has 20 heavy (non-hydrogen) atoms. The molecule has 2 aromatic rings. The highest BCUT2D eigenvalue weighted by Gasteiger charge is 2.13. The van der Waals surface area contributed by atoms with Gasteiger partial charge >= 0.3 is 0 Å². The van der Waals surface area contributed by atoms with E-state index in [1.54, 1.807) is 26.0 Å². The van der Waals surface area contributed by atoms with Gasteiger partial charge in [0.1, 0.15) is 23.1 Å². The number of hydrogen-bond acceptors (Lipinski definition) is 2. The second kappa shape index (κ2) is 5.89. The van der Waals surface area contributed by atoms with Crippen LogP contribution < -0.4 is 10.5 Å². The van der Waals surface area contributed by atoms with Gasteiger partial charge in [-0.1, -0.05) is 15.9 Å². The summed E-state index contributed by atoms with van der Waals surface area (Å²) in [4.78, 5) is 0. The minimum atomic E-state index is -0.421. The van der Waals surface area contributed by atoms with Crippen molar-refractivity contribution in [2.24, 2.45) is 5.73 Å². The van der Waals surface area contributed by atoms with Gasteiger partial charge in [0.05, 0.1) is 0 Å². The van der Waals surface area contributed by atoms with Gasteiger partial charge < -0.3 is 10.5 Å². The third-order valence-corrected chi connectivity index (χ3v) is 3.30. The SMILES string of the molecule is Cc1cc(Oc2cc(F)cc(Br)c2)c(C(C)N)cc1F. The summed E-state index contributed by atoms with van der Waals surface area (Å²) in [6.45, 7) is 3.37. The highest BCUT2D eigenvalue weighted by molar-refractivity contribution is 9.10. The number of nitrogens with two attached hydrogens (primary N) is 1. The van der Waals surface area contributed by atoms with Gasteiger partial charge in [0.25, 0.3) is 0 Å². The molecule has 2 nitrogen and oxygen atoms in total. The van der Waals surface area contributed by atoms with Gasteiger partial charge in [0.2, 0.25) is 0 Å². The zero-order valence-corrected chi connectivity index (χ0v) is 12.7. The fourth-order valence-corrected chi connectivity index (χ4v) is 2.27. The zero-order valence-electron chi connectivity index (χ0n) is 11.1. The van der Waals surface area contributed by atoms with E-state index in [1.807, 2.05) is 0 Å². The average Bonchev–Trinajstić information content (AvgIpc) is 2.31. The van der Waals surface area contributed by atoms with E-state index < -0.39 is 11.9 Å². The summed E-state index contributed by atoms with van der Waals surface area (Å²) in [5.74, 6) is -0.0122. The van der Waals surface area contributed by atoms with Crippen molar-refractivity contribution in [3.05, 3.63) is 57.6 Å². The molecule has 0 aromatic heterocycles. The number of ether oxygens (including phenoxy) is 1. The Morgan fingerprint density at radius 3 is 2.45 bits per heavy atom. The van der Waals surface area contributed by atoms with Crippen molar-refractivity contribution >= 4 is 15.9 Å². The highest BCUT2D eigenvalue weighted by atomic mass is 79.9. The van der Waals surface area contributed by atoms with Crippen LogP contribution in [0.25, 0.3) is 0 Å². The quantitative estimate of drug-likeness (QED) is 0.866. The van der Waals surface area contributed by atoms with Crippen molar-refractivity contribution in [1.82, 2.24) is 0 Å². The van der Waals surface area contributed by atoms with Gasteiger partial charge in [-0.2, -0.15) is 0 Å². The standard InChI is InChI=1S/C15H14BrF2NO/c1-8-3-15(13(9(2)19)7-14(8)18)20-12-5-10(16)4-11(17)6-12/h3-7,9H,19H2,1-2H3. The Kier molecular flexibility index (Phi) is 4.40. The van der Waals surface area contributed by atoms with Crippen molar-refractivity contribution in [2.45, 2.75) is 19.9 Å². The topological polar surface area (TPSA) is 35.2 Å². The van der Waals surface area contributed by atoms with Crippen LogP contribution in [-0.4, -0.2) is 0 Å². The number of benzene rings is 2. The highest BCUT2D eigenvalue weighted by Crippen LogP contribution is 2.32. The number of halogens is 3. The van der Waals surface area contributed by atoms with Gasteiger partial charge in [-0.25, -0.2) is 8.78 Å². The summed E-state index contributed by atoms with van der Waals surface area (Å²) < 4.78 is 33.2. The molecule has 0 spiro atoms. The molecule has 2 rings (SSSR count). The van der Waals surface area contributed by atoms with E-state index >= 15 is 0 Å². The van der Waals surface area contributed by atoms with Crippen LogP contribution in [0.5, 0.6) is 11.5 Å². The molecule has 2 N–H and O–H groups in total. The summed E-state index contributed by atoms with van der Waals surface area (Å²) in [6.07, 6.45) is 0. The van der Waals surface area contributed by atoms with Crippen LogP contribution in [0.3, 0.4) is 0 Å². The van der Waals surface area contributed by atoms with Crippen molar-refractivity contribution < 1.29 is 13.5 Å². The Balaban J connectivity index is 2.44. The molecule has 0 radical (unpaired) electrons. The van der Waals surface area contributed by atoms with Gasteiger partial charge in [0.15, 0.2) is 0 Å². The second-order valence-electron chi connectivity index (χ2n) is 4.64. The molecular formula is C15H14BrF2NO. The summed E-state index contributed by atoms with van der Waals surface area (Å²) in [5.41, 5.74) is 6.80. The Morgan fingerprint density at radius 1 is 1.15 bits per heavy atom. The van der Waals surface area contributed by atoms with Crippen LogP contribution in [0.2, 0.25) is 0 Å². The Hall–Kier alpha value is -1.46. The number of aryl methyl sites for hydroxylation is 1. The lowest BCUT2D eigenvalue weighted by molar-refractivity contribution is 0.463. The van der Waals surface area contributed by atoms with Crippen molar-refractivity contribution in [2.75, 3.05) is 0 Å². The summed E-state index contributed by atoms with van der Waals surface area (Å²) in [7, 11) is 0. The minimum Gasteiger partial charge on any atom is -0.457 e. The first-order valence-corrected chi connectivity index (χ1v) is 6.85. The number of rotatable bonds is 3. The van der Waals surface area contributed by atoms with E-state index in [2.05, 4.69) is 15.9 Å². The molecule has 0 aliphatic rings. The first-order valence-electron chi connectivity index (χ1n) is 6.06. The lowest BCUT2D eigenvalue weighted by atomic mass is 10.1. The average molecular weight is 342 g/mol. The van der Waals surface area contributed by atoms with Crippen LogP contribution in [0.15, 0.2) is 34.8 Å². The maximum atomic E-state index is 13.6. The molecule has 0 aliphatic carbocycles. The van der Waals surface area contributed by atoms with Crippen molar-refractivity contribution in [1.29, 1.82) is 0 Å². The molecule has 0 bridgehead atoms. The summed E-state index contributed by atoms with van der Waals surface area (Å²) in [6, 6.07) is 6.74. The lowest BCUT2D eigenvalue weighted by Crippen LogP contribution is -2.08. The van der Waals surface area contributed by atoms with E-state index in [4.69, 9.17) is 10.5 Å². The third-order valence-electron chi connectivity index (χ3n) is 2.85. The molecule has 0 saturated carbocycles. The lowest BCUT2D eigenvalue weighted by Gasteiger charge is -2.15. The van der Waals surface area contributed by atoms with Gasteiger partial charge in [-0.3, -0.25) is 0 Å². The van der Waals surface area contributed by atoms with E-state index in [1.165, 1.54) is 18.2 Å². The first kappa shape index (κ1) is 14.9. The normalized spacial score (nSPS) is 12.3. The van der Waals surface area contributed by atoms with Gasteiger partial charge in [-0.05, 0) is 43.7 Å². The van der Waals surface area contributed by atoms with E-state index in [9.17, 15) is 8.78 Å². The predicted octanol–water partition coefficient (Wildman–Crippen LogP) is 4.85. The zero-order chi connectivity index (χ0) is 14.9. The Labute approximate surface area is 124 Å². The third kappa shape index (κ3) is 3.35. The first-order chi connectivity index (χ1) is 9.36. The minimum absolute atomic E-state index is 0.324. The van der Waals surface area contributed by atoms with E-state index in [0.29, 0.717) is 27.1 Å². The van der Waals surface area contributed by atoms with Crippen molar-refractivity contribution in [3.63, 3.8) is 0 Å². The fourth-order valence-electron chi connectivity index (χ4n) is 1.83. The fraction of sp³-hybridized carbons (Fsp3) is 0.200. The molecule has 0 heterocycles. The Bertz CT molecular complexity index is 624. The molecule has 0 aliphatic heterocycles. The predicted molar refractivity (Wildman–Crippen MR) is 77.9 cm³/mol. The van der Waals surface area contributed by atoms with Crippen LogP contribution in [0.4, 0.5) is 8.78 Å². The van der Waals surface area contributed by atoms with Gasteiger partial charge in [0, 0.05) is 22.1 Å². The van der Waals surface area contributed by atoms with E-state index in [0.717, 1.165) is 0 Å². The Morgan fingerprint density at radius 2 is 1.85 bits per heavy atom. The maximum absolute atomic E-state index is 13.6. The molecular weight excluding hydrogens is 328 g/mol. The smallest absolute Gasteiger partial charge is 0.132 e. The van der Waals surface area contributed by atoms with Crippen LogP contribution in [-0.2, 0) is 0 Å². The maximum Gasteiger partial charge on any atom is 0.132 e. The number of hydrogen-bond donors (Lipinski definition) is 1. The molecule has 1 unspecified atom stereocenters. The molecule has 0 saturated heterocycles. The van der Waals surface area contributed by atoms with Crippen LogP contribution in [0, 0.1) is 18.6 Å². The molecule has 0 fully saturated rings. The second-order valence-corrected chi connectivity index (χ2v) is 5.55. The molecule has 0 amide bonds. The van der Waals surface area contributed by atoms with Gasteiger partial charge in [-0.15, -0.1) is 0 Å². The molecule has 1 atom stereocenters. The molecule has 106 valence electrons. The largest absolute Gasteiger partial charge is 0.457 e.